The quantitative estimate of drug-likeness (QED) is 0.175. The normalized spacial score (nSPS) is 11.5. The summed E-state index contributed by atoms with van der Waals surface area (Å²) in [6.07, 6.45) is 6.31. The van der Waals surface area contributed by atoms with Gasteiger partial charge in [0.1, 0.15) is 0 Å². The number of rotatable bonds is 13. The number of unbranched alkanes of at least 4 members (excludes halogenated alkanes) is 4. The molecule has 0 aromatic heterocycles. The molecule has 0 radical (unpaired) electrons. The summed E-state index contributed by atoms with van der Waals surface area (Å²) >= 11 is 0. The summed E-state index contributed by atoms with van der Waals surface area (Å²) in [5.41, 5.74) is 0. The number of aliphatic imine (C=N–C) groups is 1. The zero-order valence-electron chi connectivity index (χ0n) is 13.4. The van der Waals surface area contributed by atoms with Crippen LogP contribution in [0.5, 0.6) is 0 Å². The van der Waals surface area contributed by atoms with Gasteiger partial charge in [-0.2, -0.15) is 0 Å². The molecule has 0 aliphatic carbocycles. The van der Waals surface area contributed by atoms with Crippen LogP contribution in [0.15, 0.2) is 4.99 Å². The second-order valence-corrected chi connectivity index (χ2v) is 4.88. The third-order valence-corrected chi connectivity index (χ3v) is 2.93. The number of carbonyl (C=O) groups is 1. The van der Waals surface area contributed by atoms with Crippen LogP contribution >= 0.6 is 0 Å². The molecule has 0 rings (SSSR count). The van der Waals surface area contributed by atoms with E-state index in [0.29, 0.717) is 19.4 Å². The summed E-state index contributed by atoms with van der Waals surface area (Å²) in [5, 5.41) is 29.0. The van der Waals surface area contributed by atoms with Gasteiger partial charge in [-0.25, -0.2) is 0 Å². The molecule has 6 nitrogen and oxygen atoms in total. The fourth-order valence-electron chi connectivity index (χ4n) is 1.82. The summed E-state index contributed by atoms with van der Waals surface area (Å²) in [5.74, 6) is -1.12. The van der Waals surface area contributed by atoms with Crippen molar-refractivity contribution in [2.24, 2.45) is 4.99 Å². The van der Waals surface area contributed by atoms with E-state index in [1.807, 2.05) is 0 Å². The number of carboxylic acids is 1. The third kappa shape index (κ3) is 16.1. The Kier molecular flexibility index (Phi) is 17.9. The molecule has 0 spiro atoms. The first kappa shape index (κ1) is 23.1. The van der Waals surface area contributed by atoms with E-state index in [2.05, 4.69) is 11.9 Å². The maximum Gasteiger partial charge on any atom is 1.00 e. The maximum absolute atomic E-state index is 11.5. The van der Waals surface area contributed by atoms with E-state index in [0.717, 1.165) is 19.3 Å². The van der Waals surface area contributed by atoms with E-state index >= 15 is 0 Å². The van der Waals surface area contributed by atoms with Gasteiger partial charge in [0.05, 0.1) is 13.2 Å². The molecule has 0 heterocycles. The first-order valence-corrected chi connectivity index (χ1v) is 7.35. The van der Waals surface area contributed by atoms with Crippen molar-refractivity contribution in [1.82, 2.24) is 4.90 Å². The molecule has 21 heavy (non-hydrogen) atoms. The monoisotopic (exact) mass is 310 g/mol. The van der Waals surface area contributed by atoms with Crippen LogP contribution in [0.1, 0.15) is 51.9 Å². The molecule has 0 aromatic carbocycles. The third-order valence-electron chi connectivity index (χ3n) is 2.93. The van der Waals surface area contributed by atoms with Gasteiger partial charge in [0.25, 0.3) is 0 Å². The van der Waals surface area contributed by atoms with Gasteiger partial charge in [0.2, 0.25) is 0 Å². The summed E-state index contributed by atoms with van der Waals surface area (Å²) < 4.78 is 0. The molecule has 0 amide bonds. The van der Waals surface area contributed by atoms with Crippen LogP contribution in [0, 0.1) is 0 Å². The van der Waals surface area contributed by atoms with Gasteiger partial charge in [-0.1, -0.05) is 32.6 Å². The molecule has 0 saturated heterocycles. The van der Waals surface area contributed by atoms with Crippen molar-refractivity contribution in [3.8, 4) is 0 Å². The topological polar surface area (TPSA) is 96.2 Å². The SMILES string of the molecule is CCCCCCCC([O-])=NCN(CCCO)CC(=O)O.[Na+]. The van der Waals surface area contributed by atoms with Crippen LogP contribution in [-0.2, 0) is 4.79 Å². The molecule has 118 valence electrons. The van der Waals surface area contributed by atoms with Crippen LogP contribution in [0.2, 0.25) is 0 Å². The minimum atomic E-state index is -0.954. The molecule has 0 aromatic rings. The van der Waals surface area contributed by atoms with Crippen molar-refractivity contribution in [3.05, 3.63) is 0 Å². The Labute approximate surface area is 149 Å². The Morgan fingerprint density at radius 3 is 2.43 bits per heavy atom. The predicted molar refractivity (Wildman–Crippen MR) is 76.6 cm³/mol. The van der Waals surface area contributed by atoms with Crippen LogP contribution in [0.25, 0.3) is 0 Å². The van der Waals surface area contributed by atoms with E-state index < -0.39 is 5.97 Å². The van der Waals surface area contributed by atoms with Gasteiger partial charge in [-0.05, 0) is 25.2 Å². The Morgan fingerprint density at radius 1 is 1.19 bits per heavy atom. The summed E-state index contributed by atoms with van der Waals surface area (Å²) in [4.78, 5) is 16.1. The zero-order valence-corrected chi connectivity index (χ0v) is 15.4. The predicted octanol–water partition coefficient (Wildman–Crippen LogP) is -2.16. The van der Waals surface area contributed by atoms with Crippen molar-refractivity contribution < 1.29 is 49.7 Å². The molecule has 0 aliphatic heterocycles. The number of aliphatic carboxylic acids is 1. The van der Waals surface area contributed by atoms with Gasteiger partial charge in [0.15, 0.2) is 0 Å². The zero-order chi connectivity index (χ0) is 15.2. The fraction of sp³-hybridized carbons (Fsp3) is 0.857. The van der Waals surface area contributed by atoms with E-state index in [1.165, 1.54) is 12.8 Å². The van der Waals surface area contributed by atoms with Gasteiger partial charge >= 0.3 is 35.5 Å². The smallest absolute Gasteiger partial charge is 0.862 e. The second-order valence-electron chi connectivity index (χ2n) is 4.88. The minimum Gasteiger partial charge on any atom is -0.862 e. The molecule has 2 N–H and O–H groups in total. The summed E-state index contributed by atoms with van der Waals surface area (Å²) in [7, 11) is 0. The van der Waals surface area contributed by atoms with Crippen molar-refractivity contribution >= 4 is 11.9 Å². The molecular weight excluding hydrogens is 283 g/mol. The Morgan fingerprint density at radius 2 is 1.86 bits per heavy atom. The Bertz CT molecular complexity index is 288. The fourth-order valence-corrected chi connectivity index (χ4v) is 1.82. The second kappa shape index (κ2) is 16.2. The number of nitrogens with zero attached hydrogens (tertiary/aromatic N) is 2. The molecule has 7 heteroatoms. The average molecular weight is 310 g/mol. The molecule has 0 unspecified atom stereocenters. The van der Waals surface area contributed by atoms with E-state index in [4.69, 9.17) is 10.2 Å². The average Bonchev–Trinajstić information content (AvgIpc) is 2.41. The number of hydrogen-bond acceptors (Lipinski definition) is 5. The Balaban J connectivity index is 0. The first-order valence-electron chi connectivity index (χ1n) is 7.35. The summed E-state index contributed by atoms with van der Waals surface area (Å²) in [6.45, 7) is 2.51. The van der Waals surface area contributed by atoms with Crippen LogP contribution in [0.4, 0.5) is 0 Å². The van der Waals surface area contributed by atoms with Gasteiger partial charge in [0, 0.05) is 13.2 Å². The van der Waals surface area contributed by atoms with Crippen molar-refractivity contribution in [3.63, 3.8) is 0 Å². The molecule has 0 fully saturated rings. The summed E-state index contributed by atoms with van der Waals surface area (Å²) in [6, 6.07) is 0. The number of hydrogen-bond donors (Lipinski definition) is 2. The van der Waals surface area contributed by atoms with Crippen LogP contribution in [0.3, 0.4) is 0 Å². The van der Waals surface area contributed by atoms with Gasteiger partial charge < -0.3 is 15.3 Å². The molecular formula is C14H27N2NaO4. The minimum absolute atomic E-state index is 0. The van der Waals surface area contributed by atoms with Crippen LogP contribution in [-0.4, -0.2) is 53.3 Å². The molecule has 0 bridgehead atoms. The molecule has 0 aliphatic rings. The van der Waals surface area contributed by atoms with Gasteiger partial charge in [-0.15, -0.1) is 0 Å². The van der Waals surface area contributed by atoms with E-state index in [9.17, 15) is 9.90 Å². The molecule has 0 saturated carbocycles. The number of carboxylic acid groups (broad SMARTS) is 1. The van der Waals surface area contributed by atoms with E-state index in [-0.39, 0.29) is 55.3 Å². The van der Waals surface area contributed by atoms with Gasteiger partial charge in [-0.3, -0.25) is 14.7 Å². The van der Waals surface area contributed by atoms with E-state index in [1.54, 1.807) is 4.90 Å². The number of aliphatic hydroxyl groups excluding tert-OH is 1. The standard InChI is InChI=1S/C14H28N2O4.Na/c1-2-3-4-5-6-8-13(18)15-12-16(9-7-10-17)11-14(19)20;/h17H,2-12H2,1H3,(H,15,18)(H,19,20);/q;+1/p-1. The largest absolute Gasteiger partial charge is 1.00 e. The first-order chi connectivity index (χ1) is 9.60. The molecule has 0 atom stereocenters. The van der Waals surface area contributed by atoms with Crippen LogP contribution < -0.4 is 34.7 Å². The van der Waals surface area contributed by atoms with Crippen molar-refractivity contribution in [1.29, 1.82) is 0 Å². The number of aliphatic hydroxyl groups is 1. The Hall–Kier alpha value is -0.140. The van der Waals surface area contributed by atoms with Crippen molar-refractivity contribution in [2.75, 3.05) is 26.4 Å². The van der Waals surface area contributed by atoms with Crippen molar-refractivity contribution in [2.45, 2.75) is 51.9 Å². The maximum atomic E-state index is 11.5.